The zero-order valence-corrected chi connectivity index (χ0v) is 15.1. The zero-order valence-electron chi connectivity index (χ0n) is 12.7. The minimum Gasteiger partial charge on any atom is -0.484 e. The second kappa shape index (κ2) is 6.68. The van der Waals surface area contributed by atoms with Crippen LogP contribution in [0, 0.1) is 13.8 Å². The summed E-state index contributed by atoms with van der Waals surface area (Å²) in [6.45, 7) is 4.03. The van der Waals surface area contributed by atoms with E-state index in [1.165, 1.54) is 16.9 Å². The van der Waals surface area contributed by atoms with Crippen LogP contribution in [0.15, 0.2) is 40.9 Å². The Kier molecular flexibility index (Phi) is 4.63. The molecule has 0 fully saturated rings. The van der Waals surface area contributed by atoms with Crippen LogP contribution in [0.25, 0.3) is 10.2 Å². The van der Waals surface area contributed by atoms with E-state index in [0.717, 1.165) is 20.3 Å². The standard InChI is InChI=1S/C17H15BrN2O2S/c1-10-7-11(2)16-14(8-10)23-17(20-16)19-15(21)9-22-13-5-3-12(18)4-6-13/h3-8H,9H2,1-2H3,(H,19,20,21). The minimum atomic E-state index is -0.221. The van der Waals surface area contributed by atoms with Gasteiger partial charge in [0.15, 0.2) is 11.7 Å². The first-order valence-electron chi connectivity index (χ1n) is 7.07. The molecule has 0 aliphatic rings. The second-order valence-electron chi connectivity index (χ2n) is 5.24. The van der Waals surface area contributed by atoms with Crippen molar-refractivity contribution in [1.29, 1.82) is 0 Å². The summed E-state index contributed by atoms with van der Waals surface area (Å²) >= 11 is 4.83. The van der Waals surface area contributed by atoms with Crippen LogP contribution in [-0.4, -0.2) is 17.5 Å². The largest absolute Gasteiger partial charge is 0.484 e. The predicted octanol–water partition coefficient (Wildman–Crippen LogP) is 4.69. The van der Waals surface area contributed by atoms with Crippen molar-refractivity contribution in [2.75, 3.05) is 11.9 Å². The summed E-state index contributed by atoms with van der Waals surface area (Å²) in [5.41, 5.74) is 3.24. The van der Waals surface area contributed by atoms with Gasteiger partial charge in [-0.15, -0.1) is 0 Å². The minimum absolute atomic E-state index is 0.0461. The van der Waals surface area contributed by atoms with Crippen LogP contribution in [0.5, 0.6) is 5.75 Å². The molecule has 0 radical (unpaired) electrons. The van der Waals surface area contributed by atoms with Crippen LogP contribution < -0.4 is 10.1 Å². The lowest BCUT2D eigenvalue weighted by Crippen LogP contribution is -2.19. The van der Waals surface area contributed by atoms with Crippen LogP contribution in [0.1, 0.15) is 11.1 Å². The molecule has 0 aliphatic carbocycles. The number of hydrogen-bond acceptors (Lipinski definition) is 4. The molecular formula is C17H15BrN2O2S. The Morgan fingerprint density at radius 3 is 2.74 bits per heavy atom. The highest BCUT2D eigenvalue weighted by Gasteiger charge is 2.10. The lowest BCUT2D eigenvalue weighted by atomic mass is 10.1. The molecule has 1 heterocycles. The monoisotopic (exact) mass is 390 g/mol. The van der Waals surface area contributed by atoms with E-state index in [4.69, 9.17) is 4.74 Å². The molecule has 0 aliphatic heterocycles. The lowest BCUT2D eigenvalue weighted by Gasteiger charge is -2.05. The Labute approximate surface area is 146 Å². The summed E-state index contributed by atoms with van der Waals surface area (Å²) in [6, 6.07) is 11.5. The van der Waals surface area contributed by atoms with E-state index in [9.17, 15) is 4.79 Å². The van der Waals surface area contributed by atoms with E-state index in [2.05, 4.69) is 45.3 Å². The van der Waals surface area contributed by atoms with Gasteiger partial charge in [0.2, 0.25) is 0 Å². The van der Waals surface area contributed by atoms with Crippen molar-refractivity contribution in [2.24, 2.45) is 0 Å². The molecule has 2 aromatic carbocycles. The molecule has 1 amide bonds. The van der Waals surface area contributed by atoms with Gasteiger partial charge in [-0.25, -0.2) is 4.98 Å². The third-order valence-corrected chi connectivity index (χ3v) is 4.71. The van der Waals surface area contributed by atoms with Crippen molar-refractivity contribution in [3.63, 3.8) is 0 Å². The summed E-state index contributed by atoms with van der Waals surface area (Å²) in [7, 11) is 0. The maximum Gasteiger partial charge on any atom is 0.264 e. The number of aromatic nitrogens is 1. The van der Waals surface area contributed by atoms with Crippen LogP contribution in [-0.2, 0) is 4.79 Å². The highest BCUT2D eigenvalue weighted by Crippen LogP contribution is 2.29. The van der Waals surface area contributed by atoms with Gasteiger partial charge in [-0.3, -0.25) is 10.1 Å². The van der Waals surface area contributed by atoms with E-state index in [-0.39, 0.29) is 12.5 Å². The Morgan fingerprint density at radius 2 is 2.00 bits per heavy atom. The summed E-state index contributed by atoms with van der Waals surface area (Å²) < 4.78 is 7.50. The van der Waals surface area contributed by atoms with Crippen molar-refractivity contribution in [1.82, 2.24) is 4.98 Å². The predicted molar refractivity (Wildman–Crippen MR) is 97.4 cm³/mol. The van der Waals surface area contributed by atoms with Crippen molar-refractivity contribution in [3.8, 4) is 5.75 Å². The summed E-state index contributed by atoms with van der Waals surface area (Å²) in [6.07, 6.45) is 0. The highest BCUT2D eigenvalue weighted by molar-refractivity contribution is 9.10. The van der Waals surface area contributed by atoms with Crippen LogP contribution in [0.2, 0.25) is 0 Å². The summed E-state index contributed by atoms with van der Waals surface area (Å²) in [4.78, 5) is 16.5. The summed E-state index contributed by atoms with van der Waals surface area (Å²) in [5, 5.41) is 3.39. The smallest absolute Gasteiger partial charge is 0.264 e. The number of fused-ring (bicyclic) bond motifs is 1. The van der Waals surface area contributed by atoms with Gasteiger partial charge in [-0.1, -0.05) is 33.3 Å². The van der Waals surface area contributed by atoms with Gasteiger partial charge in [-0.05, 0) is 55.3 Å². The fourth-order valence-electron chi connectivity index (χ4n) is 2.26. The van der Waals surface area contributed by atoms with Gasteiger partial charge in [0, 0.05) is 4.47 Å². The zero-order chi connectivity index (χ0) is 16.4. The molecule has 118 valence electrons. The molecule has 0 saturated carbocycles. The molecule has 1 aromatic heterocycles. The number of halogens is 1. The van der Waals surface area contributed by atoms with E-state index in [0.29, 0.717) is 10.9 Å². The number of anilines is 1. The number of nitrogens with one attached hydrogen (secondary N) is 1. The molecule has 0 atom stereocenters. The summed E-state index contributed by atoms with van der Waals surface area (Å²) in [5.74, 6) is 0.431. The van der Waals surface area contributed by atoms with Crippen LogP contribution in [0.4, 0.5) is 5.13 Å². The van der Waals surface area contributed by atoms with Gasteiger partial charge in [0.1, 0.15) is 5.75 Å². The molecule has 0 saturated heterocycles. The second-order valence-corrected chi connectivity index (χ2v) is 7.18. The number of benzene rings is 2. The fourth-order valence-corrected chi connectivity index (χ4v) is 3.58. The van der Waals surface area contributed by atoms with Gasteiger partial charge in [-0.2, -0.15) is 0 Å². The van der Waals surface area contributed by atoms with Crippen molar-refractivity contribution >= 4 is 48.5 Å². The average Bonchev–Trinajstić information content (AvgIpc) is 2.89. The van der Waals surface area contributed by atoms with E-state index in [1.807, 2.05) is 19.1 Å². The van der Waals surface area contributed by atoms with Gasteiger partial charge >= 0.3 is 0 Å². The number of carbonyl (C=O) groups is 1. The molecule has 1 N–H and O–H groups in total. The maximum atomic E-state index is 12.0. The molecule has 0 spiro atoms. The molecule has 4 nitrogen and oxygen atoms in total. The number of rotatable bonds is 4. The number of aryl methyl sites for hydroxylation is 2. The first-order chi connectivity index (χ1) is 11.0. The number of carbonyl (C=O) groups excluding carboxylic acids is 1. The van der Waals surface area contributed by atoms with Gasteiger partial charge in [0.05, 0.1) is 10.2 Å². The van der Waals surface area contributed by atoms with Gasteiger partial charge in [0.25, 0.3) is 5.91 Å². The molecule has 23 heavy (non-hydrogen) atoms. The first-order valence-corrected chi connectivity index (χ1v) is 8.68. The van der Waals surface area contributed by atoms with Gasteiger partial charge < -0.3 is 4.74 Å². The third kappa shape index (κ3) is 3.89. The number of nitrogens with zero attached hydrogens (tertiary/aromatic N) is 1. The average molecular weight is 391 g/mol. The van der Waals surface area contributed by atoms with Crippen molar-refractivity contribution in [3.05, 3.63) is 52.0 Å². The number of amides is 1. The number of thiazole rings is 1. The third-order valence-electron chi connectivity index (χ3n) is 3.26. The first kappa shape index (κ1) is 16.0. The molecule has 0 bridgehead atoms. The SMILES string of the molecule is Cc1cc(C)c2nc(NC(=O)COc3ccc(Br)cc3)sc2c1. The Morgan fingerprint density at radius 1 is 1.26 bits per heavy atom. The normalized spacial score (nSPS) is 10.7. The maximum absolute atomic E-state index is 12.0. The molecule has 3 aromatic rings. The topological polar surface area (TPSA) is 51.2 Å². The quantitative estimate of drug-likeness (QED) is 0.702. The molecule has 3 rings (SSSR count). The molecule has 0 unspecified atom stereocenters. The highest BCUT2D eigenvalue weighted by atomic mass is 79.9. The molecule has 6 heteroatoms. The Balaban J connectivity index is 1.65. The van der Waals surface area contributed by atoms with Crippen LogP contribution in [0.3, 0.4) is 0 Å². The molecular weight excluding hydrogens is 376 g/mol. The number of hydrogen-bond donors (Lipinski definition) is 1. The Bertz CT molecular complexity index is 859. The number of ether oxygens (including phenoxy) is 1. The lowest BCUT2D eigenvalue weighted by molar-refractivity contribution is -0.118. The van der Waals surface area contributed by atoms with E-state index in [1.54, 1.807) is 12.1 Å². The van der Waals surface area contributed by atoms with E-state index < -0.39 is 0 Å². The Hall–Kier alpha value is -1.92. The van der Waals surface area contributed by atoms with Crippen LogP contribution >= 0.6 is 27.3 Å². The van der Waals surface area contributed by atoms with E-state index >= 15 is 0 Å². The fraction of sp³-hybridized carbons (Fsp3) is 0.176. The van der Waals surface area contributed by atoms with Crippen molar-refractivity contribution < 1.29 is 9.53 Å². The van der Waals surface area contributed by atoms with Crippen molar-refractivity contribution in [2.45, 2.75) is 13.8 Å².